The molecule has 0 N–H and O–H groups in total. The molecule has 1 amide bonds. The summed E-state index contributed by atoms with van der Waals surface area (Å²) in [5.41, 5.74) is 4.06. The monoisotopic (exact) mass is 385 g/mol. The highest BCUT2D eigenvalue weighted by molar-refractivity contribution is 5.95. The molecule has 0 saturated carbocycles. The highest BCUT2D eigenvalue weighted by Crippen LogP contribution is 2.24. The van der Waals surface area contributed by atoms with Crippen molar-refractivity contribution in [1.29, 1.82) is 0 Å². The average Bonchev–Trinajstić information content (AvgIpc) is 3.10. The number of carbonyl (C=O) groups is 1. The molecule has 0 bridgehead atoms. The summed E-state index contributed by atoms with van der Waals surface area (Å²) in [5, 5.41) is 0. The first-order valence-corrected chi connectivity index (χ1v) is 9.56. The van der Waals surface area contributed by atoms with E-state index in [4.69, 9.17) is 4.74 Å². The van der Waals surface area contributed by atoms with Crippen molar-refractivity contribution in [2.45, 2.75) is 20.0 Å². The SMILES string of the molecule is COc1cccn2c(C(=O)N(Cc3ccccc3)Cc3ccccc3)c(C)nc12. The summed E-state index contributed by atoms with van der Waals surface area (Å²) in [5.74, 6) is 0.586. The van der Waals surface area contributed by atoms with Crippen LogP contribution in [-0.2, 0) is 13.1 Å². The maximum atomic E-state index is 13.7. The number of hydrogen-bond acceptors (Lipinski definition) is 3. The maximum absolute atomic E-state index is 13.7. The van der Waals surface area contributed by atoms with Gasteiger partial charge in [-0.3, -0.25) is 9.20 Å². The third-order valence-corrected chi connectivity index (χ3v) is 4.93. The van der Waals surface area contributed by atoms with Crippen LogP contribution in [0.3, 0.4) is 0 Å². The summed E-state index contributed by atoms with van der Waals surface area (Å²) in [6.07, 6.45) is 1.86. The summed E-state index contributed by atoms with van der Waals surface area (Å²) in [4.78, 5) is 20.1. The van der Waals surface area contributed by atoms with E-state index in [1.54, 1.807) is 7.11 Å². The van der Waals surface area contributed by atoms with E-state index in [-0.39, 0.29) is 5.91 Å². The van der Waals surface area contributed by atoms with Gasteiger partial charge in [-0.1, -0.05) is 60.7 Å². The molecule has 2 aromatic carbocycles. The molecule has 0 aliphatic carbocycles. The number of fused-ring (bicyclic) bond motifs is 1. The van der Waals surface area contributed by atoms with E-state index in [0.717, 1.165) is 11.1 Å². The fourth-order valence-corrected chi connectivity index (χ4v) is 3.53. The molecule has 4 aromatic rings. The van der Waals surface area contributed by atoms with E-state index in [2.05, 4.69) is 4.98 Å². The number of imidazole rings is 1. The molecule has 29 heavy (non-hydrogen) atoms. The number of rotatable bonds is 6. The number of amides is 1. The Bertz CT molecular complexity index is 1080. The zero-order valence-corrected chi connectivity index (χ0v) is 16.6. The second kappa shape index (κ2) is 8.19. The number of aromatic nitrogens is 2. The minimum atomic E-state index is -0.0593. The molecule has 0 atom stereocenters. The molecule has 0 aliphatic heterocycles. The number of methoxy groups -OCH3 is 1. The molecule has 0 saturated heterocycles. The predicted octanol–water partition coefficient (Wildman–Crippen LogP) is 4.49. The van der Waals surface area contributed by atoms with Gasteiger partial charge in [0.15, 0.2) is 11.4 Å². The largest absolute Gasteiger partial charge is 0.493 e. The van der Waals surface area contributed by atoms with Crippen LogP contribution in [0.4, 0.5) is 0 Å². The van der Waals surface area contributed by atoms with E-state index in [9.17, 15) is 4.79 Å². The Morgan fingerprint density at radius 3 is 2.07 bits per heavy atom. The molecule has 0 aliphatic rings. The van der Waals surface area contributed by atoms with E-state index in [0.29, 0.717) is 35.9 Å². The van der Waals surface area contributed by atoms with Crippen LogP contribution in [-0.4, -0.2) is 27.3 Å². The summed E-state index contributed by atoms with van der Waals surface area (Å²) in [6.45, 7) is 2.90. The van der Waals surface area contributed by atoms with Gasteiger partial charge < -0.3 is 9.64 Å². The van der Waals surface area contributed by atoms with Crippen molar-refractivity contribution >= 4 is 11.6 Å². The Morgan fingerprint density at radius 2 is 1.52 bits per heavy atom. The van der Waals surface area contributed by atoms with Gasteiger partial charge in [-0.25, -0.2) is 4.98 Å². The lowest BCUT2D eigenvalue weighted by Crippen LogP contribution is -2.31. The Labute approximate surface area is 170 Å². The lowest BCUT2D eigenvalue weighted by Gasteiger charge is -2.23. The molecule has 0 spiro atoms. The third kappa shape index (κ3) is 3.85. The average molecular weight is 385 g/mol. The molecule has 2 heterocycles. The molecular formula is C24H23N3O2. The Balaban J connectivity index is 1.75. The van der Waals surface area contributed by atoms with Crippen LogP contribution in [0.15, 0.2) is 79.0 Å². The maximum Gasteiger partial charge on any atom is 0.273 e. The topological polar surface area (TPSA) is 46.8 Å². The normalized spacial score (nSPS) is 10.8. The molecule has 0 fully saturated rings. The van der Waals surface area contributed by atoms with Crippen LogP contribution in [0.1, 0.15) is 27.3 Å². The van der Waals surface area contributed by atoms with E-state index >= 15 is 0 Å². The Hall–Kier alpha value is -3.60. The second-order valence-electron chi connectivity index (χ2n) is 6.95. The fraction of sp³-hybridized carbons (Fsp3) is 0.167. The van der Waals surface area contributed by atoms with Gasteiger partial charge in [-0.2, -0.15) is 0 Å². The first-order valence-electron chi connectivity index (χ1n) is 9.56. The van der Waals surface area contributed by atoms with Crippen LogP contribution in [0.25, 0.3) is 5.65 Å². The van der Waals surface area contributed by atoms with Crippen LogP contribution >= 0.6 is 0 Å². The zero-order chi connectivity index (χ0) is 20.2. The van der Waals surface area contributed by atoms with Crippen LogP contribution in [0.5, 0.6) is 5.75 Å². The summed E-state index contributed by atoms with van der Waals surface area (Å²) in [7, 11) is 1.61. The number of hydrogen-bond donors (Lipinski definition) is 0. The zero-order valence-electron chi connectivity index (χ0n) is 16.6. The fourth-order valence-electron chi connectivity index (χ4n) is 3.53. The van der Waals surface area contributed by atoms with Gasteiger partial charge in [0.05, 0.1) is 12.8 Å². The minimum Gasteiger partial charge on any atom is -0.493 e. The number of pyridine rings is 1. The van der Waals surface area contributed by atoms with Gasteiger partial charge in [-0.05, 0) is 30.2 Å². The summed E-state index contributed by atoms with van der Waals surface area (Å²) < 4.78 is 7.24. The van der Waals surface area contributed by atoms with Gasteiger partial charge in [0.1, 0.15) is 5.69 Å². The van der Waals surface area contributed by atoms with Crippen molar-refractivity contribution < 1.29 is 9.53 Å². The second-order valence-corrected chi connectivity index (χ2v) is 6.95. The predicted molar refractivity (Wildman–Crippen MR) is 113 cm³/mol. The van der Waals surface area contributed by atoms with E-state index in [1.807, 2.05) is 95.2 Å². The van der Waals surface area contributed by atoms with E-state index in [1.165, 1.54) is 0 Å². The van der Waals surface area contributed by atoms with Gasteiger partial charge in [-0.15, -0.1) is 0 Å². The molecule has 0 unspecified atom stereocenters. The molecular weight excluding hydrogens is 362 g/mol. The Kier molecular flexibility index (Phi) is 5.29. The first-order chi connectivity index (χ1) is 14.2. The third-order valence-electron chi connectivity index (χ3n) is 4.93. The lowest BCUT2D eigenvalue weighted by atomic mass is 10.1. The lowest BCUT2D eigenvalue weighted by molar-refractivity contribution is 0.0722. The van der Waals surface area contributed by atoms with Gasteiger partial charge >= 0.3 is 0 Å². The van der Waals surface area contributed by atoms with Crippen molar-refractivity contribution in [3.63, 3.8) is 0 Å². The molecule has 2 aromatic heterocycles. The van der Waals surface area contributed by atoms with Crippen LogP contribution < -0.4 is 4.74 Å². The first kappa shape index (κ1) is 18.7. The summed E-state index contributed by atoms with van der Waals surface area (Å²) in [6, 6.07) is 23.8. The number of aryl methyl sites for hydroxylation is 1. The van der Waals surface area contributed by atoms with Gasteiger partial charge in [0, 0.05) is 19.3 Å². The smallest absolute Gasteiger partial charge is 0.273 e. The Morgan fingerprint density at radius 1 is 0.931 bits per heavy atom. The van der Waals surface area contributed by atoms with Crippen molar-refractivity contribution in [2.75, 3.05) is 7.11 Å². The van der Waals surface area contributed by atoms with Crippen molar-refractivity contribution in [3.8, 4) is 5.75 Å². The van der Waals surface area contributed by atoms with Crippen molar-refractivity contribution in [2.24, 2.45) is 0 Å². The minimum absolute atomic E-state index is 0.0593. The van der Waals surface area contributed by atoms with Crippen LogP contribution in [0, 0.1) is 6.92 Å². The van der Waals surface area contributed by atoms with Gasteiger partial charge in [0.25, 0.3) is 5.91 Å². The number of carbonyl (C=O) groups excluding carboxylic acids is 1. The standard InChI is InChI=1S/C24H23N3O2/c1-18-22(27-15-9-14-21(29-2)23(27)25-18)24(28)26(16-19-10-5-3-6-11-19)17-20-12-7-4-8-13-20/h3-15H,16-17H2,1-2H3. The van der Waals surface area contributed by atoms with Gasteiger partial charge in [0.2, 0.25) is 0 Å². The molecule has 5 nitrogen and oxygen atoms in total. The number of nitrogens with zero attached hydrogens (tertiary/aromatic N) is 3. The molecule has 146 valence electrons. The number of benzene rings is 2. The molecule has 0 radical (unpaired) electrons. The molecule has 5 heteroatoms. The number of ether oxygens (including phenoxy) is 1. The van der Waals surface area contributed by atoms with Crippen molar-refractivity contribution in [1.82, 2.24) is 14.3 Å². The van der Waals surface area contributed by atoms with Crippen molar-refractivity contribution in [3.05, 3.63) is 102 Å². The van der Waals surface area contributed by atoms with E-state index < -0.39 is 0 Å². The summed E-state index contributed by atoms with van der Waals surface area (Å²) >= 11 is 0. The quantitative estimate of drug-likeness (QED) is 0.491. The molecule has 4 rings (SSSR count). The van der Waals surface area contributed by atoms with Crippen LogP contribution in [0.2, 0.25) is 0 Å². The highest BCUT2D eigenvalue weighted by Gasteiger charge is 2.24. The highest BCUT2D eigenvalue weighted by atomic mass is 16.5.